The van der Waals surface area contributed by atoms with Crippen LogP contribution in [0.15, 0.2) is 24.3 Å². The number of nitrogens with one attached hydrogen (secondary N) is 1. The summed E-state index contributed by atoms with van der Waals surface area (Å²) in [7, 11) is 0. The molecule has 1 aromatic rings. The van der Waals surface area contributed by atoms with Gasteiger partial charge in [0.25, 0.3) is 0 Å². The Bertz CT molecular complexity index is 384. The van der Waals surface area contributed by atoms with E-state index >= 15 is 0 Å². The molecule has 17 heavy (non-hydrogen) atoms. The number of benzene rings is 1. The summed E-state index contributed by atoms with van der Waals surface area (Å²) in [5, 5.41) is 2.91. The molecule has 1 unspecified atom stereocenters. The predicted molar refractivity (Wildman–Crippen MR) is 68.0 cm³/mol. The second kappa shape index (κ2) is 5.82. The number of anilines is 1. The van der Waals surface area contributed by atoms with Gasteiger partial charge < -0.3 is 10.1 Å². The maximum Gasteiger partial charge on any atom is 0.226 e. The number of amides is 1. The average Bonchev–Trinajstić information content (AvgIpc) is 2.30. The number of aryl methyl sites for hydroxylation is 1. The maximum absolute atomic E-state index is 11.8. The molecule has 92 valence electrons. The number of carbonyl (C=O) groups excluding carboxylic acids is 1. The summed E-state index contributed by atoms with van der Waals surface area (Å²) in [6, 6.07) is 7.84. The number of hydrogen-bond donors (Lipinski definition) is 1. The molecule has 0 aromatic heterocycles. The molecule has 1 aromatic carbocycles. The number of rotatable bonds is 3. The quantitative estimate of drug-likeness (QED) is 0.871. The first-order valence-corrected chi connectivity index (χ1v) is 6.22. The van der Waals surface area contributed by atoms with E-state index in [-0.39, 0.29) is 12.0 Å². The van der Waals surface area contributed by atoms with Gasteiger partial charge >= 0.3 is 0 Å². The minimum atomic E-state index is 0.0440. The van der Waals surface area contributed by atoms with Crippen LogP contribution in [-0.2, 0) is 9.53 Å². The lowest BCUT2D eigenvalue weighted by molar-refractivity contribution is -0.119. The van der Waals surface area contributed by atoms with Crippen molar-refractivity contribution in [1.82, 2.24) is 0 Å². The Morgan fingerprint density at radius 3 is 3.06 bits per heavy atom. The van der Waals surface area contributed by atoms with Crippen molar-refractivity contribution in [2.24, 2.45) is 0 Å². The Kier molecular flexibility index (Phi) is 4.15. The molecule has 3 heteroatoms. The van der Waals surface area contributed by atoms with E-state index < -0.39 is 0 Å². The van der Waals surface area contributed by atoms with Crippen molar-refractivity contribution in [3.63, 3.8) is 0 Å². The lowest BCUT2D eigenvalue weighted by Crippen LogP contribution is -2.25. The van der Waals surface area contributed by atoms with Crippen LogP contribution in [0.3, 0.4) is 0 Å². The first-order valence-electron chi connectivity index (χ1n) is 6.22. The van der Waals surface area contributed by atoms with Crippen molar-refractivity contribution in [2.45, 2.75) is 38.7 Å². The molecule has 0 spiro atoms. The first-order chi connectivity index (χ1) is 8.24. The number of ether oxygens (including phenoxy) is 1. The summed E-state index contributed by atoms with van der Waals surface area (Å²) in [6.07, 6.45) is 3.86. The lowest BCUT2D eigenvalue weighted by Gasteiger charge is -2.21. The van der Waals surface area contributed by atoms with Crippen molar-refractivity contribution in [3.8, 4) is 0 Å². The number of carbonyl (C=O) groups is 1. The first kappa shape index (κ1) is 12.1. The van der Waals surface area contributed by atoms with Gasteiger partial charge in [-0.05, 0) is 43.9 Å². The van der Waals surface area contributed by atoms with E-state index in [4.69, 9.17) is 4.74 Å². The molecule has 1 N–H and O–H groups in total. The zero-order chi connectivity index (χ0) is 12.1. The van der Waals surface area contributed by atoms with Crippen LogP contribution < -0.4 is 5.32 Å². The Morgan fingerprint density at radius 2 is 2.35 bits per heavy atom. The van der Waals surface area contributed by atoms with Crippen LogP contribution in [-0.4, -0.2) is 18.6 Å². The van der Waals surface area contributed by atoms with E-state index in [9.17, 15) is 4.79 Å². The van der Waals surface area contributed by atoms with Crippen LogP contribution >= 0.6 is 0 Å². The van der Waals surface area contributed by atoms with Gasteiger partial charge in [-0.3, -0.25) is 4.79 Å². The van der Waals surface area contributed by atoms with E-state index in [0.717, 1.165) is 30.7 Å². The largest absolute Gasteiger partial charge is 0.378 e. The molecular formula is C14H19NO2. The second-order valence-corrected chi connectivity index (χ2v) is 4.61. The zero-order valence-corrected chi connectivity index (χ0v) is 10.2. The van der Waals surface area contributed by atoms with Crippen LogP contribution in [0, 0.1) is 6.92 Å². The Hall–Kier alpha value is -1.35. The van der Waals surface area contributed by atoms with Gasteiger partial charge in [-0.1, -0.05) is 12.1 Å². The summed E-state index contributed by atoms with van der Waals surface area (Å²) >= 11 is 0. The minimum absolute atomic E-state index is 0.0440. The SMILES string of the molecule is Cc1cccc(NC(=O)CC2CCCCO2)c1. The Balaban J connectivity index is 1.84. The second-order valence-electron chi connectivity index (χ2n) is 4.61. The van der Waals surface area contributed by atoms with Crippen LogP contribution in [0.1, 0.15) is 31.2 Å². The smallest absolute Gasteiger partial charge is 0.226 e. The molecule has 1 aliphatic heterocycles. The zero-order valence-electron chi connectivity index (χ0n) is 10.2. The third-order valence-corrected chi connectivity index (χ3v) is 2.99. The van der Waals surface area contributed by atoms with Crippen molar-refractivity contribution in [1.29, 1.82) is 0 Å². The van der Waals surface area contributed by atoms with Crippen LogP contribution in [0.25, 0.3) is 0 Å². The fraction of sp³-hybridized carbons (Fsp3) is 0.500. The third kappa shape index (κ3) is 3.86. The predicted octanol–water partition coefficient (Wildman–Crippen LogP) is 2.89. The van der Waals surface area contributed by atoms with Gasteiger partial charge in [-0.25, -0.2) is 0 Å². The highest BCUT2D eigenvalue weighted by Crippen LogP contribution is 2.17. The van der Waals surface area contributed by atoms with Crippen molar-refractivity contribution in [3.05, 3.63) is 29.8 Å². The summed E-state index contributed by atoms with van der Waals surface area (Å²) < 4.78 is 5.55. The summed E-state index contributed by atoms with van der Waals surface area (Å²) in [4.78, 5) is 11.8. The molecule has 0 saturated carbocycles. The van der Waals surface area contributed by atoms with Crippen molar-refractivity contribution < 1.29 is 9.53 Å². The summed E-state index contributed by atoms with van der Waals surface area (Å²) in [5.74, 6) is 0.0440. The standard InChI is InChI=1S/C14H19NO2/c1-11-5-4-6-12(9-11)15-14(16)10-13-7-2-3-8-17-13/h4-6,9,13H,2-3,7-8,10H2,1H3,(H,15,16). The van der Waals surface area contributed by atoms with Crippen molar-refractivity contribution >= 4 is 11.6 Å². The van der Waals surface area contributed by atoms with Crippen LogP contribution in [0.5, 0.6) is 0 Å². The minimum Gasteiger partial charge on any atom is -0.378 e. The molecule has 0 aliphatic carbocycles. The molecule has 1 atom stereocenters. The lowest BCUT2D eigenvalue weighted by atomic mass is 10.1. The molecule has 1 fully saturated rings. The highest BCUT2D eigenvalue weighted by atomic mass is 16.5. The highest BCUT2D eigenvalue weighted by Gasteiger charge is 2.17. The van der Waals surface area contributed by atoms with E-state index in [1.54, 1.807) is 0 Å². The van der Waals surface area contributed by atoms with Crippen LogP contribution in [0.2, 0.25) is 0 Å². The van der Waals surface area contributed by atoms with Gasteiger partial charge in [-0.2, -0.15) is 0 Å². The molecular weight excluding hydrogens is 214 g/mol. The van der Waals surface area contributed by atoms with Gasteiger partial charge in [0.15, 0.2) is 0 Å². The third-order valence-electron chi connectivity index (χ3n) is 2.99. The molecule has 2 rings (SSSR count). The van der Waals surface area contributed by atoms with Gasteiger partial charge in [0.1, 0.15) is 0 Å². The van der Waals surface area contributed by atoms with Gasteiger partial charge in [0.2, 0.25) is 5.91 Å². The van der Waals surface area contributed by atoms with Crippen molar-refractivity contribution in [2.75, 3.05) is 11.9 Å². The fourth-order valence-corrected chi connectivity index (χ4v) is 2.11. The van der Waals surface area contributed by atoms with Gasteiger partial charge in [-0.15, -0.1) is 0 Å². The highest BCUT2D eigenvalue weighted by molar-refractivity contribution is 5.91. The topological polar surface area (TPSA) is 38.3 Å². The van der Waals surface area contributed by atoms with Gasteiger partial charge in [0.05, 0.1) is 12.5 Å². The average molecular weight is 233 g/mol. The van der Waals surface area contributed by atoms with Crippen LogP contribution in [0.4, 0.5) is 5.69 Å². The Labute approximate surface area is 102 Å². The molecule has 1 amide bonds. The Morgan fingerprint density at radius 1 is 1.47 bits per heavy atom. The maximum atomic E-state index is 11.8. The molecule has 0 bridgehead atoms. The number of hydrogen-bond acceptors (Lipinski definition) is 2. The molecule has 1 aliphatic rings. The van der Waals surface area contributed by atoms with E-state index in [2.05, 4.69) is 5.32 Å². The fourth-order valence-electron chi connectivity index (χ4n) is 2.11. The molecule has 1 saturated heterocycles. The van der Waals surface area contributed by atoms with E-state index in [1.165, 1.54) is 6.42 Å². The molecule has 3 nitrogen and oxygen atoms in total. The monoisotopic (exact) mass is 233 g/mol. The molecule has 1 heterocycles. The normalized spacial score (nSPS) is 19.9. The van der Waals surface area contributed by atoms with Gasteiger partial charge in [0, 0.05) is 12.3 Å². The summed E-state index contributed by atoms with van der Waals surface area (Å²) in [5.41, 5.74) is 2.02. The van der Waals surface area contributed by atoms with E-state index in [0.29, 0.717) is 6.42 Å². The summed E-state index contributed by atoms with van der Waals surface area (Å²) in [6.45, 7) is 2.81. The van der Waals surface area contributed by atoms with E-state index in [1.807, 2.05) is 31.2 Å². The molecule has 0 radical (unpaired) electrons.